The lowest BCUT2D eigenvalue weighted by molar-refractivity contribution is -0.0700. The molecule has 18 heavy (non-hydrogen) atoms. The highest BCUT2D eigenvalue weighted by molar-refractivity contribution is 4.99. The average molecular weight is 255 g/mol. The van der Waals surface area contributed by atoms with E-state index in [0.717, 1.165) is 25.8 Å². The number of aliphatic hydroxyl groups excluding tert-OH is 1. The van der Waals surface area contributed by atoms with Crippen LogP contribution in [0.3, 0.4) is 0 Å². The minimum Gasteiger partial charge on any atom is -0.393 e. The molecule has 106 valence electrons. The molecule has 0 aromatic rings. The lowest BCUT2D eigenvalue weighted by Crippen LogP contribution is -2.45. The maximum atomic E-state index is 9.70. The van der Waals surface area contributed by atoms with Crippen LogP contribution in [0.5, 0.6) is 0 Å². The van der Waals surface area contributed by atoms with Crippen LogP contribution in [0.1, 0.15) is 59.8 Å². The molecule has 3 atom stereocenters. The second-order valence-electron chi connectivity index (χ2n) is 7.32. The van der Waals surface area contributed by atoms with E-state index < -0.39 is 0 Å². The van der Waals surface area contributed by atoms with Gasteiger partial charge in [-0.05, 0) is 65.8 Å². The zero-order valence-electron chi connectivity index (χ0n) is 12.3. The van der Waals surface area contributed by atoms with Crippen molar-refractivity contribution in [2.24, 2.45) is 5.92 Å². The summed E-state index contributed by atoms with van der Waals surface area (Å²) in [6.45, 7) is 9.70. The highest BCUT2D eigenvalue weighted by atomic mass is 16.5. The summed E-state index contributed by atoms with van der Waals surface area (Å²) in [6.07, 6.45) is 5.36. The number of nitrogens with one attached hydrogen (secondary N) is 1. The number of aliphatic hydroxyl groups is 1. The van der Waals surface area contributed by atoms with Gasteiger partial charge in [-0.25, -0.2) is 0 Å². The Balaban J connectivity index is 1.83. The molecule has 0 amide bonds. The number of ether oxygens (including phenoxy) is 1. The number of hydrogen-bond acceptors (Lipinski definition) is 3. The SMILES string of the molecule is CC1(C)CC(NCC2CCCC(O)C2)C(C)(C)O1. The van der Waals surface area contributed by atoms with Crippen LogP contribution in [-0.4, -0.2) is 35.0 Å². The lowest BCUT2D eigenvalue weighted by atomic mass is 9.86. The normalized spacial score (nSPS) is 38.8. The van der Waals surface area contributed by atoms with Crippen molar-refractivity contribution < 1.29 is 9.84 Å². The summed E-state index contributed by atoms with van der Waals surface area (Å²) in [5, 5.41) is 13.4. The van der Waals surface area contributed by atoms with Crippen LogP contribution in [-0.2, 0) is 4.74 Å². The van der Waals surface area contributed by atoms with E-state index >= 15 is 0 Å². The zero-order valence-corrected chi connectivity index (χ0v) is 12.3. The fourth-order valence-electron chi connectivity index (χ4n) is 3.64. The van der Waals surface area contributed by atoms with Crippen LogP contribution in [0, 0.1) is 5.92 Å². The Morgan fingerprint density at radius 3 is 2.50 bits per heavy atom. The second kappa shape index (κ2) is 5.10. The van der Waals surface area contributed by atoms with Gasteiger partial charge in [0.05, 0.1) is 17.3 Å². The van der Waals surface area contributed by atoms with Gasteiger partial charge in [-0.2, -0.15) is 0 Å². The Labute approximate surface area is 111 Å². The van der Waals surface area contributed by atoms with Crippen molar-refractivity contribution in [3.05, 3.63) is 0 Å². The molecule has 0 bridgehead atoms. The van der Waals surface area contributed by atoms with E-state index in [1.165, 1.54) is 12.8 Å². The van der Waals surface area contributed by atoms with Crippen molar-refractivity contribution in [1.82, 2.24) is 5.32 Å². The molecular formula is C15H29NO2. The summed E-state index contributed by atoms with van der Waals surface area (Å²) in [5.41, 5.74) is -0.107. The molecule has 1 saturated carbocycles. The van der Waals surface area contributed by atoms with E-state index in [-0.39, 0.29) is 17.3 Å². The fourth-order valence-corrected chi connectivity index (χ4v) is 3.64. The summed E-state index contributed by atoms with van der Waals surface area (Å²) in [6, 6.07) is 0.423. The largest absolute Gasteiger partial charge is 0.393 e. The summed E-state index contributed by atoms with van der Waals surface area (Å²) >= 11 is 0. The first kappa shape index (κ1) is 14.3. The minimum atomic E-state index is -0.0865. The van der Waals surface area contributed by atoms with Gasteiger partial charge in [-0.1, -0.05) is 6.42 Å². The molecule has 0 aromatic carbocycles. The van der Waals surface area contributed by atoms with Crippen LogP contribution < -0.4 is 5.32 Å². The smallest absolute Gasteiger partial charge is 0.0787 e. The highest BCUT2D eigenvalue weighted by Crippen LogP contribution is 2.37. The molecule has 3 unspecified atom stereocenters. The molecule has 3 heteroatoms. The van der Waals surface area contributed by atoms with Gasteiger partial charge in [0.15, 0.2) is 0 Å². The third-order valence-electron chi connectivity index (χ3n) is 4.48. The monoisotopic (exact) mass is 255 g/mol. The van der Waals surface area contributed by atoms with E-state index in [9.17, 15) is 5.11 Å². The number of rotatable bonds is 3. The Morgan fingerprint density at radius 2 is 1.94 bits per heavy atom. The van der Waals surface area contributed by atoms with Crippen molar-refractivity contribution in [3.63, 3.8) is 0 Å². The van der Waals surface area contributed by atoms with Crippen LogP contribution in [0.25, 0.3) is 0 Å². The second-order valence-corrected chi connectivity index (χ2v) is 7.32. The van der Waals surface area contributed by atoms with Crippen molar-refractivity contribution in [1.29, 1.82) is 0 Å². The summed E-state index contributed by atoms with van der Waals surface area (Å²) in [7, 11) is 0. The molecule has 2 fully saturated rings. The van der Waals surface area contributed by atoms with Gasteiger partial charge in [0.1, 0.15) is 0 Å². The maximum absolute atomic E-state index is 9.70. The molecule has 1 saturated heterocycles. The summed E-state index contributed by atoms with van der Waals surface area (Å²) in [5.74, 6) is 0.633. The van der Waals surface area contributed by atoms with Gasteiger partial charge in [-0.3, -0.25) is 0 Å². The third-order valence-corrected chi connectivity index (χ3v) is 4.48. The van der Waals surface area contributed by atoms with Gasteiger partial charge in [0.2, 0.25) is 0 Å². The van der Waals surface area contributed by atoms with E-state index in [1.807, 2.05) is 0 Å². The lowest BCUT2D eigenvalue weighted by Gasteiger charge is -2.31. The van der Waals surface area contributed by atoms with Crippen molar-refractivity contribution in [2.45, 2.75) is 83.1 Å². The molecule has 2 aliphatic rings. The van der Waals surface area contributed by atoms with Crippen LogP contribution in [0.15, 0.2) is 0 Å². The molecule has 0 spiro atoms. The molecule has 1 heterocycles. The molecule has 2 N–H and O–H groups in total. The molecule has 2 rings (SSSR count). The molecule has 1 aliphatic heterocycles. The first-order chi connectivity index (χ1) is 8.28. The van der Waals surface area contributed by atoms with Gasteiger partial charge in [0.25, 0.3) is 0 Å². The van der Waals surface area contributed by atoms with E-state index in [0.29, 0.717) is 12.0 Å². The van der Waals surface area contributed by atoms with Crippen molar-refractivity contribution in [2.75, 3.05) is 6.54 Å². The molecule has 0 radical (unpaired) electrons. The van der Waals surface area contributed by atoms with Gasteiger partial charge in [-0.15, -0.1) is 0 Å². The fraction of sp³-hybridized carbons (Fsp3) is 1.00. The number of hydrogen-bond donors (Lipinski definition) is 2. The first-order valence-electron chi connectivity index (χ1n) is 7.40. The van der Waals surface area contributed by atoms with Gasteiger partial charge >= 0.3 is 0 Å². The Hall–Kier alpha value is -0.120. The molecule has 0 aromatic heterocycles. The van der Waals surface area contributed by atoms with Crippen LogP contribution in [0.2, 0.25) is 0 Å². The van der Waals surface area contributed by atoms with Crippen molar-refractivity contribution in [3.8, 4) is 0 Å². The Bertz CT molecular complexity index is 288. The van der Waals surface area contributed by atoms with Crippen LogP contribution in [0.4, 0.5) is 0 Å². The Morgan fingerprint density at radius 1 is 1.22 bits per heavy atom. The maximum Gasteiger partial charge on any atom is 0.0787 e. The predicted molar refractivity (Wildman–Crippen MR) is 73.6 cm³/mol. The van der Waals surface area contributed by atoms with E-state index in [2.05, 4.69) is 33.0 Å². The molecular weight excluding hydrogens is 226 g/mol. The average Bonchev–Trinajstić information content (AvgIpc) is 2.43. The topological polar surface area (TPSA) is 41.5 Å². The zero-order chi connectivity index (χ0) is 13.4. The third kappa shape index (κ3) is 3.46. The van der Waals surface area contributed by atoms with Crippen LogP contribution >= 0.6 is 0 Å². The standard InChI is InChI=1S/C15H29NO2/c1-14(2)9-13(15(3,4)18-14)16-10-11-6-5-7-12(17)8-11/h11-13,16-17H,5-10H2,1-4H3. The van der Waals surface area contributed by atoms with Crippen molar-refractivity contribution >= 4 is 0 Å². The predicted octanol–water partition coefficient (Wildman–Crippen LogP) is 2.47. The molecule has 3 nitrogen and oxygen atoms in total. The summed E-state index contributed by atoms with van der Waals surface area (Å²) < 4.78 is 6.10. The van der Waals surface area contributed by atoms with Gasteiger partial charge < -0.3 is 15.2 Å². The van der Waals surface area contributed by atoms with E-state index in [1.54, 1.807) is 0 Å². The Kier molecular flexibility index (Phi) is 4.05. The van der Waals surface area contributed by atoms with E-state index in [4.69, 9.17) is 4.74 Å². The summed E-state index contributed by atoms with van der Waals surface area (Å²) in [4.78, 5) is 0. The first-order valence-corrected chi connectivity index (χ1v) is 7.40. The highest BCUT2D eigenvalue weighted by Gasteiger charge is 2.45. The van der Waals surface area contributed by atoms with Gasteiger partial charge in [0, 0.05) is 6.04 Å². The quantitative estimate of drug-likeness (QED) is 0.814. The minimum absolute atomic E-state index is 0.0206. The molecule has 1 aliphatic carbocycles.